The van der Waals surface area contributed by atoms with Crippen molar-refractivity contribution >= 4 is 44.9 Å². The van der Waals surface area contributed by atoms with E-state index in [1.165, 1.54) is 16.4 Å². The third kappa shape index (κ3) is 7.89. The SMILES string of the molecule is O=C(CCC(=O)OCCc1ccccc1)NC(=S)Nc1ccc(S(=O)(=O)N2CCCCC2)cc1. The van der Waals surface area contributed by atoms with E-state index < -0.39 is 21.9 Å². The van der Waals surface area contributed by atoms with Crippen LogP contribution in [0, 0.1) is 0 Å². The van der Waals surface area contributed by atoms with Crippen molar-refractivity contribution in [3.05, 3.63) is 60.2 Å². The van der Waals surface area contributed by atoms with Crippen molar-refractivity contribution in [2.75, 3.05) is 25.0 Å². The van der Waals surface area contributed by atoms with Crippen LogP contribution in [0.1, 0.15) is 37.7 Å². The van der Waals surface area contributed by atoms with Gasteiger partial charge in [0.25, 0.3) is 0 Å². The third-order valence-electron chi connectivity index (χ3n) is 5.37. The van der Waals surface area contributed by atoms with E-state index >= 15 is 0 Å². The molecule has 34 heavy (non-hydrogen) atoms. The Hall–Kier alpha value is -2.82. The van der Waals surface area contributed by atoms with Crippen LogP contribution in [0.2, 0.25) is 0 Å². The lowest BCUT2D eigenvalue weighted by molar-refractivity contribution is -0.144. The summed E-state index contributed by atoms with van der Waals surface area (Å²) in [5, 5.41) is 5.42. The number of carbonyl (C=O) groups is 2. The second-order valence-electron chi connectivity index (χ2n) is 7.95. The van der Waals surface area contributed by atoms with E-state index in [9.17, 15) is 18.0 Å². The average molecular weight is 504 g/mol. The van der Waals surface area contributed by atoms with Gasteiger partial charge in [0, 0.05) is 31.6 Å². The number of anilines is 1. The Balaban J connectivity index is 1.38. The van der Waals surface area contributed by atoms with Crippen LogP contribution in [-0.2, 0) is 30.8 Å². The molecule has 2 N–H and O–H groups in total. The summed E-state index contributed by atoms with van der Waals surface area (Å²) in [6.07, 6.45) is 3.31. The summed E-state index contributed by atoms with van der Waals surface area (Å²) in [6, 6.07) is 15.9. The molecule has 0 saturated carbocycles. The summed E-state index contributed by atoms with van der Waals surface area (Å²) in [6.45, 7) is 1.34. The van der Waals surface area contributed by atoms with Gasteiger partial charge in [0.15, 0.2) is 5.11 Å². The molecule has 2 aromatic rings. The first-order valence-corrected chi connectivity index (χ1v) is 13.1. The van der Waals surface area contributed by atoms with Crippen LogP contribution in [0.15, 0.2) is 59.5 Å². The van der Waals surface area contributed by atoms with Crippen molar-refractivity contribution in [3.63, 3.8) is 0 Å². The highest BCUT2D eigenvalue weighted by molar-refractivity contribution is 7.89. The second kappa shape index (κ2) is 12.6. The minimum atomic E-state index is -3.51. The lowest BCUT2D eigenvalue weighted by atomic mass is 10.2. The first-order chi connectivity index (χ1) is 16.3. The Bertz CT molecular complexity index is 1080. The van der Waals surface area contributed by atoms with Gasteiger partial charge in [0.05, 0.1) is 17.9 Å². The Kier molecular flexibility index (Phi) is 9.55. The number of ether oxygens (including phenoxy) is 1. The topological polar surface area (TPSA) is 105 Å². The van der Waals surface area contributed by atoms with Crippen molar-refractivity contribution in [3.8, 4) is 0 Å². The van der Waals surface area contributed by atoms with Crippen molar-refractivity contribution in [2.45, 2.75) is 43.4 Å². The highest BCUT2D eigenvalue weighted by Crippen LogP contribution is 2.22. The Morgan fingerprint density at radius 1 is 0.941 bits per heavy atom. The fourth-order valence-electron chi connectivity index (χ4n) is 3.53. The molecule has 1 saturated heterocycles. The number of nitrogens with one attached hydrogen (secondary N) is 2. The van der Waals surface area contributed by atoms with Gasteiger partial charge in [0.1, 0.15) is 0 Å². The second-order valence-corrected chi connectivity index (χ2v) is 10.3. The van der Waals surface area contributed by atoms with Gasteiger partial charge in [-0.25, -0.2) is 8.42 Å². The van der Waals surface area contributed by atoms with E-state index in [0.717, 1.165) is 24.8 Å². The van der Waals surface area contributed by atoms with E-state index in [0.29, 0.717) is 25.2 Å². The predicted molar refractivity (Wildman–Crippen MR) is 134 cm³/mol. The molecule has 0 aliphatic carbocycles. The summed E-state index contributed by atoms with van der Waals surface area (Å²) >= 11 is 5.14. The van der Waals surface area contributed by atoms with Crippen molar-refractivity contribution in [1.29, 1.82) is 0 Å². The maximum atomic E-state index is 12.7. The number of thiocarbonyl (C=S) groups is 1. The molecule has 10 heteroatoms. The highest BCUT2D eigenvalue weighted by atomic mass is 32.2. The molecule has 0 spiro atoms. The average Bonchev–Trinajstić information content (AvgIpc) is 2.84. The molecular weight excluding hydrogens is 474 g/mol. The maximum absolute atomic E-state index is 12.7. The maximum Gasteiger partial charge on any atom is 0.306 e. The van der Waals surface area contributed by atoms with E-state index in [2.05, 4.69) is 10.6 Å². The monoisotopic (exact) mass is 503 g/mol. The van der Waals surface area contributed by atoms with E-state index in [1.807, 2.05) is 30.3 Å². The fourth-order valence-corrected chi connectivity index (χ4v) is 5.28. The lowest BCUT2D eigenvalue weighted by Gasteiger charge is -2.25. The Morgan fingerprint density at radius 2 is 1.62 bits per heavy atom. The molecule has 2 aromatic carbocycles. The molecule has 0 bridgehead atoms. The quantitative estimate of drug-likeness (QED) is 0.400. The van der Waals surface area contributed by atoms with Crippen molar-refractivity contribution in [2.24, 2.45) is 0 Å². The summed E-state index contributed by atoms with van der Waals surface area (Å²) in [4.78, 5) is 24.1. The fraction of sp³-hybridized carbons (Fsp3) is 0.375. The van der Waals surface area contributed by atoms with E-state index in [4.69, 9.17) is 17.0 Å². The summed E-state index contributed by atoms with van der Waals surface area (Å²) in [5.74, 6) is -0.864. The van der Waals surface area contributed by atoms with Gasteiger partial charge in [-0.15, -0.1) is 0 Å². The molecule has 1 aliphatic heterocycles. The molecule has 0 aromatic heterocycles. The number of benzene rings is 2. The molecular formula is C24H29N3O5S2. The van der Waals surface area contributed by atoms with Gasteiger partial charge < -0.3 is 15.4 Å². The van der Waals surface area contributed by atoms with Crippen LogP contribution in [-0.4, -0.2) is 49.4 Å². The summed E-state index contributed by atoms with van der Waals surface area (Å²) in [7, 11) is -3.51. The van der Waals surface area contributed by atoms with E-state index in [-0.39, 0.29) is 29.5 Å². The number of nitrogens with zero attached hydrogens (tertiary/aromatic N) is 1. The number of amides is 1. The molecule has 3 rings (SSSR count). The van der Waals surface area contributed by atoms with Crippen LogP contribution in [0.25, 0.3) is 0 Å². The molecule has 0 unspecified atom stereocenters. The molecule has 1 aliphatic rings. The lowest BCUT2D eigenvalue weighted by Crippen LogP contribution is -2.35. The molecule has 1 amide bonds. The molecule has 0 radical (unpaired) electrons. The zero-order chi connectivity index (χ0) is 24.4. The number of esters is 1. The molecule has 182 valence electrons. The Morgan fingerprint density at radius 3 is 2.29 bits per heavy atom. The largest absolute Gasteiger partial charge is 0.465 e. The molecule has 8 nitrogen and oxygen atoms in total. The van der Waals surface area contributed by atoms with Crippen LogP contribution in [0.3, 0.4) is 0 Å². The third-order valence-corrected chi connectivity index (χ3v) is 7.49. The minimum Gasteiger partial charge on any atom is -0.465 e. The summed E-state index contributed by atoms with van der Waals surface area (Å²) in [5.41, 5.74) is 1.62. The minimum absolute atomic E-state index is 0.0493. The zero-order valence-corrected chi connectivity index (χ0v) is 20.5. The summed E-state index contributed by atoms with van der Waals surface area (Å²) < 4.78 is 32.1. The molecule has 1 heterocycles. The number of hydrogen-bond acceptors (Lipinski definition) is 6. The first-order valence-electron chi connectivity index (χ1n) is 11.3. The standard InChI is InChI=1S/C24H29N3O5S2/c28-22(13-14-23(29)32-18-15-19-7-3-1-4-8-19)26-24(33)25-20-9-11-21(12-10-20)34(30,31)27-16-5-2-6-17-27/h1,3-4,7-12H,2,5-6,13-18H2,(H2,25,26,28,33). The van der Waals surface area contributed by atoms with Crippen molar-refractivity contribution < 1.29 is 22.7 Å². The van der Waals surface area contributed by atoms with Crippen LogP contribution in [0.5, 0.6) is 0 Å². The zero-order valence-electron chi connectivity index (χ0n) is 18.9. The van der Waals surface area contributed by atoms with Gasteiger partial charge in [0.2, 0.25) is 15.9 Å². The normalized spacial score (nSPS) is 14.2. The van der Waals surface area contributed by atoms with E-state index in [1.54, 1.807) is 12.1 Å². The van der Waals surface area contributed by atoms with Gasteiger partial charge in [-0.1, -0.05) is 36.8 Å². The smallest absolute Gasteiger partial charge is 0.306 e. The number of hydrogen-bond donors (Lipinski definition) is 2. The van der Waals surface area contributed by atoms with Gasteiger partial charge in [-0.2, -0.15) is 4.31 Å². The van der Waals surface area contributed by atoms with Gasteiger partial charge >= 0.3 is 5.97 Å². The molecule has 0 atom stereocenters. The molecule has 1 fully saturated rings. The first kappa shape index (κ1) is 25.8. The highest BCUT2D eigenvalue weighted by Gasteiger charge is 2.25. The van der Waals surface area contributed by atoms with Crippen molar-refractivity contribution in [1.82, 2.24) is 9.62 Å². The predicted octanol–water partition coefficient (Wildman–Crippen LogP) is 3.24. The Labute approximate surface area is 205 Å². The van der Waals surface area contributed by atoms with Gasteiger partial charge in [-0.3, -0.25) is 9.59 Å². The van der Waals surface area contributed by atoms with Crippen LogP contribution in [0.4, 0.5) is 5.69 Å². The number of sulfonamides is 1. The number of rotatable bonds is 9. The number of carbonyl (C=O) groups excluding carboxylic acids is 2. The van der Waals surface area contributed by atoms with Crippen LogP contribution >= 0.6 is 12.2 Å². The number of piperidine rings is 1. The van der Waals surface area contributed by atoms with Crippen LogP contribution < -0.4 is 10.6 Å². The van der Waals surface area contributed by atoms with Gasteiger partial charge in [-0.05, 0) is 54.9 Å².